The number of nitro groups is 1. The van der Waals surface area contributed by atoms with Crippen LogP contribution in [0.5, 0.6) is 11.5 Å². The quantitative estimate of drug-likeness (QED) is 0.472. The van der Waals surface area contributed by atoms with Crippen molar-refractivity contribution in [3.8, 4) is 11.5 Å². The Labute approximate surface area is 115 Å². The van der Waals surface area contributed by atoms with Gasteiger partial charge in [0.1, 0.15) is 11.5 Å². The van der Waals surface area contributed by atoms with Gasteiger partial charge in [0.15, 0.2) is 0 Å². The number of non-ortho nitro benzene ring substituents is 1. The van der Waals surface area contributed by atoms with Crippen molar-refractivity contribution in [3.63, 3.8) is 0 Å². The topological polar surface area (TPSA) is 52.4 Å². The summed E-state index contributed by atoms with van der Waals surface area (Å²) in [5.41, 5.74) is 1.64. The fourth-order valence-electron chi connectivity index (χ4n) is 1.69. The minimum Gasteiger partial charge on any atom is -0.457 e. The van der Waals surface area contributed by atoms with E-state index >= 15 is 0 Å². The van der Waals surface area contributed by atoms with Gasteiger partial charge >= 0.3 is 0 Å². The lowest BCUT2D eigenvalue weighted by Crippen LogP contribution is -1.93. The molecule has 98 valence electrons. The molecule has 0 radical (unpaired) electrons. The van der Waals surface area contributed by atoms with E-state index in [1.54, 1.807) is 13.0 Å². The molecule has 0 saturated heterocycles. The molecule has 0 saturated carbocycles. The molecule has 19 heavy (non-hydrogen) atoms. The van der Waals surface area contributed by atoms with Crippen LogP contribution in [-0.2, 0) is 5.88 Å². The molecule has 0 aliphatic carbocycles. The Hall–Kier alpha value is -2.07. The van der Waals surface area contributed by atoms with Gasteiger partial charge in [0.25, 0.3) is 5.69 Å². The molecule has 5 heteroatoms. The van der Waals surface area contributed by atoms with Crippen molar-refractivity contribution in [1.29, 1.82) is 0 Å². The number of hydrogen-bond acceptors (Lipinski definition) is 3. The first-order valence-electron chi connectivity index (χ1n) is 5.68. The van der Waals surface area contributed by atoms with Crippen LogP contribution in [0.1, 0.15) is 11.1 Å². The number of benzene rings is 2. The highest BCUT2D eigenvalue weighted by Crippen LogP contribution is 2.30. The Balaban J connectivity index is 2.31. The first-order valence-corrected chi connectivity index (χ1v) is 6.22. The number of ether oxygens (including phenoxy) is 1. The highest BCUT2D eigenvalue weighted by molar-refractivity contribution is 6.17. The molecule has 0 atom stereocenters. The molecule has 0 heterocycles. The van der Waals surface area contributed by atoms with E-state index in [1.165, 1.54) is 12.1 Å². The van der Waals surface area contributed by atoms with Gasteiger partial charge in [-0.05, 0) is 24.6 Å². The third kappa shape index (κ3) is 3.03. The summed E-state index contributed by atoms with van der Waals surface area (Å²) >= 11 is 5.84. The molecule has 0 N–H and O–H groups in total. The van der Waals surface area contributed by atoms with E-state index in [9.17, 15) is 10.1 Å². The summed E-state index contributed by atoms with van der Waals surface area (Å²) in [6, 6.07) is 11.9. The maximum absolute atomic E-state index is 10.7. The number of nitrogens with zero attached hydrogens (tertiary/aromatic N) is 1. The first-order chi connectivity index (χ1) is 9.11. The lowest BCUT2D eigenvalue weighted by atomic mass is 10.2. The van der Waals surface area contributed by atoms with Gasteiger partial charge in [-0.3, -0.25) is 10.1 Å². The van der Waals surface area contributed by atoms with Gasteiger partial charge in [-0.25, -0.2) is 0 Å². The van der Waals surface area contributed by atoms with Gasteiger partial charge in [-0.2, -0.15) is 0 Å². The molecule has 2 aromatic rings. The average Bonchev–Trinajstić information content (AvgIpc) is 2.41. The van der Waals surface area contributed by atoms with Gasteiger partial charge in [0, 0.05) is 17.7 Å². The summed E-state index contributed by atoms with van der Waals surface area (Å²) in [6.07, 6.45) is 0. The molecule has 2 rings (SSSR count). The van der Waals surface area contributed by atoms with Gasteiger partial charge in [0.2, 0.25) is 0 Å². The zero-order valence-electron chi connectivity index (χ0n) is 10.3. The highest BCUT2D eigenvalue weighted by Gasteiger charge is 2.10. The van der Waals surface area contributed by atoms with E-state index in [2.05, 4.69) is 0 Å². The molecule has 0 unspecified atom stereocenters. The SMILES string of the molecule is Cc1cc([N+](=O)[O-])ccc1Oc1ccccc1CCl. The lowest BCUT2D eigenvalue weighted by molar-refractivity contribution is -0.384. The number of alkyl halides is 1. The van der Waals surface area contributed by atoms with Crippen LogP contribution >= 0.6 is 11.6 Å². The fourth-order valence-corrected chi connectivity index (χ4v) is 1.91. The van der Waals surface area contributed by atoms with Crippen molar-refractivity contribution in [2.24, 2.45) is 0 Å². The van der Waals surface area contributed by atoms with Crippen molar-refractivity contribution in [1.82, 2.24) is 0 Å². The van der Waals surface area contributed by atoms with Crippen molar-refractivity contribution in [2.45, 2.75) is 12.8 Å². The fraction of sp³-hybridized carbons (Fsp3) is 0.143. The largest absolute Gasteiger partial charge is 0.457 e. The van der Waals surface area contributed by atoms with E-state index < -0.39 is 4.92 Å². The molecule has 0 aliphatic rings. The van der Waals surface area contributed by atoms with Gasteiger partial charge in [-0.1, -0.05) is 18.2 Å². The molecule has 0 amide bonds. The number of aryl methyl sites for hydroxylation is 1. The molecule has 4 nitrogen and oxygen atoms in total. The molecule has 0 aliphatic heterocycles. The Bertz CT molecular complexity index is 613. The predicted octanol–water partition coefficient (Wildman–Crippen LogP) is 4.43. The van der Waals surface area contributed by atoms with Gasteiger partial charge in [-0.15, -0.1) is 11.6 Å². The number of halogens is 1. The smallest absolute Gasteiger partial charge is 0.269 e. The lowest BCUT2D eigenvalue weighted by Gasteiger charge is -2.11. The van der Waals surface area contributed by atoms with E-state index in [-0.39, 0.29) is 5.69 Å². The summed E-state index contributed by atoms with van der Waals surface area (Å²) in [5, 5.41) is 10.7. The summed E-state index contributed by atoms with van der Waals surface area (Å²) in [6.45, 7) is 1.77. The van der Waals surface area contributed by atoms with Crippen LogP contribution in [0.4, 0.5) is 5.69 Å². The van der Waals surface area contributed by atoms with Crippen LogP contribution in [-0.4, -0.2) is 4.92 Å². The minimum atomic E-state index is -0.427. The first kappa shape index (κ1) is 13.4. The van der Waals surface area contributed by atoms with E-state index in [0.717, 1.165) is 5.56 Å². The molecule has 2 aromatic carbocycles. The summed E-state index contributed by atoms with van der Waals surface area (Å²) < 4.78 is 5.76. The monoisotopic (exact) mass is 277 g/mol. The number of rotatable bonds is 4. The van der Waals surface area contributed by atoms with Crippen molar-refractivity contribution in [2.75, 3.05) is 0 Å². The number of nitro benzene ring substituents is 1. The Morgan fingerprint density at radius 1 is 1.21 bits per heavy atom. The zero-order chi connectivity index (χ0) is 13.8. The van der Waals surface area contributed by atoms with Crippen LogP contribution in [0, 0.1) is 17.0 Å². The minimum absolute atomic E-state index is 0.0514. The highest BCUT2D eigenvalue weighted by atomic mass is 35.5. The average molecular weight is 278 g/mol. The maximum Gasteiger partial charge on any atom is 0.269 e. The molecule has 0 aromatic heterocycles. The molecule has 0 spiro atoms. The second-order valence-corrected chi connectivity index (χ2v) is 4.32. The Kier molecular flexibility index (Phi) is 4.02. The van der Waals surface area contributed by atoms with E-state index in [0.29, 0.717) is 22.9 Å². The summed E-state index contributed by atoms with van der Waals surface area (Å²) in [5.74, 6) is 1.60. The standard InChI is InChI=1S/C14H12ClNO3/c1-10-8-12(16(17)18)6-7-13(10)19-14-5-3-2-4-11(14)9-15/h2-8H,9H2,1H3. The molecule has 0 bridgehead atoms. The third-order valence-electron chi connectivity index (χ3n) is 2.71. The van der Waals surface area contributed by atoms with Crippen molar-refractivity contribution >= 4 is 17.3 Å². The zero-order valence-corrected chi connectivity index (χ0v) is 11.1. The normalized spacial score (nSPS) is 10.2. The second kappa shape index (κ2) is 5.71. The van der Waals surface area contributed by atoms with Crippen molar-refractivity contribution < 1.29 is 9.66 Å². The number of para-hydroxylation sites is 1. The predicted molar refractivity (Wildman–Crippen MR) is 73.9 cm³/mol. The van der Waals surface area contributed by atoms with Crippen LogP contribution in [0.15, 0.2) is 42.5 Å². The van der Waals surface area contributed by atoms with Crippen molar-refractivity contribution in [3.05, 3.63) is 63.7 Å². The number of hydrogen-bond donors (Lipinski definition) is 0. The Morgan fingerprint density at radius 3 is 2.58 bits per heavy atom. The van der Waals surface area contributed by atoms with E-state index in [1.807, 2.05) is 24.3 Å². The van der Waals surface area contributed by atoms with Gasteiger partial charge < -0.3 is 4.74 Å². The molecular weight excluding hydrogens is 266 g/mol. The van der Waals surface area contributed by atoms with Crippen LogP contribution in [0.3, 0.4) is 0 Å². The molecule has 0 fully saturated rings. The third-order valence-corrected chi connectivity index (χ3v) is 2.99. The molecular formula is C14H12ClNO3. The van der Waals surface area contributed by atoms with Crippen LogP contribution in [0.2, 0.25) is 0 Å². The van der Waals surface area contributed by atoms with Crippen LogP contribution < -0.4 is 4.74 Å². The van der Waals surface area contributed by atoms with Gasteiger partial charge in [0.05, 0.1) is 10.8 Å². The maximum atomic E-state index is 10.7. The van der Waals surface area contributed by atoms with Crippen LogP contribution in [0.25, 0.3) is 0 Å². The Morgan fingerprint density at radius 2 is 1.95 bits per heavy atom. The second-order valence-electron chi connectivity index (χ2n) is 4.05. The summed E-state index contributed by atoms with van der Waals surface area (Å²) in [7, 11) is 0. The van der Waals surface area contributed by atoms with E-state index in [4.69, 9.17) is 16.3 Å². The summed E-state index contributed by atoms with van der Waals surface area (Å²) in [4.78, 5) is 10.2.